The molecule has 5 nitrogen and oxygen atoms in total. The Morgan fingerprint density at radius 3 is 2.38 bits per heavy atom. The zero-order chi connectivity index (χ0) is 11.4. The van der Waals surface area contributed by atoms with E-state index in [1.807, 2.05) is 12.1 Å². The van der Waals surface area contributed by atoms with Crippen molar-refractivity contribution in [1.82, 2.24) is 9.94 Å². The van der Waals surface area contributed by atoms with E-state index >= 15 is 0 Å². The van der Waals surface area contributed by atoms with E-state index in [1.165, 1.54) is 35.4 Å². The predicted octanol–water partition coefficient (Wildman–Crippen LogP) is 1.27. The number of nitriles is 2. The third-order valence-corrected chi connectivity index (χ3v) is 1.79. The fourth-order valence-corrected chi connectivity index (χ4v) is 1.16. The molecule has 1 aromatic carbocycles. The van der Waals surface area contributed by atoms with Gasteiger partial charge >= 0.3 is 0 Å². The molecule has 5 heteroatoms. The summed E-state index contributed by atoms with van der Waals surface area (Å²) in [6.45, 7) is 0. The maximum Gasteiger partial charge on any atom is 0.160 e. The summed E-state index contributed by atoms with van der Waals surface area (Å²) in [5.41, 5.74) is 0.732. The van der Waals surface area contributed by atoms with Crippen molar-refractivity contribution in [3.8, 4) is 17.9 Å². The van der Waals surface area contributed by atoms with Crippen molar-refractivity contribution in [1.29, 1.82) is 10.5 Å². The largest absolute Gasteiger partial charge is 0.358 e. The van der Waals surface area contributed by atoms with Crippen molar-refractivity contribution in [2.45, 2.75) is 0 Å². The highest BCUT2D eigenvalue weighted by Crippen LogP contribution is 2.16. The third kappa shape index (κ3) is 1.99. The van der Waals surface area contributed by atoms with Gasteiger partial charge in [-0.05, 0) is 6.07 Å². The Labute approximate surface area is 91.7 Å². The highest BCUT2D eigenvalue weighted by atomic mass is 16.7. The molecule has 0 fully saturated rings. The van der Waals surface area contributed by atoms with E-state index in [0.29, 0.717) is 16.9 Å². The standard InChI is InChI=1S/C11H5N4O/c12-7-9-4-10(8-13)6-11(5-9)16-15-3-1-2-14-15/h2-6H. The molecule has 2 aromatic rings. The van der Waals surface area contributed by atoms with Gasteiger partial charge in [-0.25, -0.2) is 0 Å². The Bertz CT molecular complexity index is 543. The van der Waals surface area contributed by atoms with Crippen LogP contribution in [0.25, 0.3) is 0 Å². The normalized spacial score (nSPS) is 9.12. The van der Waals surface area contributed by atoms with Crippen molar-refractivity contribution < 1.29 is 4.84 Å². The zero-order valence-electron chi connectivity index (χ0n) is 8.08. The lowest BCUT2D eigenvalue weighted by Crippen LogP contribution is -2.05. The number of rotatable bonds is 2. The Morgan fingerprint density at radius 1 is 1.19 bits per heavy atom. The average Bonchev–Trinajstić information content (AvgIpc) is 2.81. The predicted molar refractivity (Wildman–Crippen MR) is 53.0 cm³/mol. The summed E-state index contributed by atoms with van der Waals surface area (Å²) in [5.74, 6) is 0.382. The van der Waals surface area contributed by atoms with E-state index in [2.05, 4.69) is 11.2 Å². The molecule has 0 saturated heterocycles. The number of hydrogen-bond acceptors (Lipinski definition) is 4. The molecule has 16 heavy (non-hydrogen) atoms. The maximum atomic E-state index is 8.76. The van der Waals surface area contributed by atoms with Crippen LogP contribution in [-0.4, -0.2) is 9.94 Å². The minimum Gasteiger partial charge on any atom is -0.358 e. The number of nitrogens with zero attached hydrogens (tertiary/aromatic N) is 4. The van der Waals surface area contributed by atoms with Crippen LogP contribution in [-0.2, 0) is 0 Å². The summed E-state index contributed by atoms with van der Waals surface area (Å²) in [6, 6.07) is 11.2. The second-order valence-electron chi connectivity index (χ2n) is 2.90. The van der Waals surface area contributed by atoms with Crippen molar-refractivity contribution in [2.75, 3.05) is 0 Å². The van der Waals surface area contributed by atoms with Gasteiger partial charge in [-0.1, -0.05) is 4.85 Å². The van der Waals surface area contributed by atoms with Gasteiger partial charge in [0.25, 0.3) is 0 Å². The van der Waals surface area contributed by atoms with Gasteiger partial charge in [-0.2, -0.15) is 10.5 Å². The van der Waals surface area contributed by atoms with Gasteiger partial charge in [0.15, 0.2) is 5.75 Å². The van der Waals surface area contributed by atoms with Gasteiger partial charge in [0.05, 0.1) is 35.7 Å². The molecule has 0 aliphatic carbocycles. The topological polar surface area (TPSA) is 74.6 Å². The molecule has 0 aliphatic rings. The fraction of sp³-hybridized carbons (Fsp3) is 0. The summed E-state index contributed by atoms with van der Waals surface area (Å²) < 4.78 is 0. The molecular weight excluding hydrogens is 204 g/mol. The van der Waals surface area contributed by atoms with Crippen LogP contribution in [0.2, 0.25) is 0 Å². The molecule has 1 aromatic heterocycles. The summed E-state index contributed by atoms with van der Waals surface area (Å²) in [4.78, 5) is 6.47. The number of aromatic nitrogens is 2. The van der Waals surface area contributed by atoms with Crippen molar-refractivity contribution in [2.24, 2.45) is 0 Å². The molecule has 0 aliphatic heterocycles. The molecule has 0 atom stereocenters. The molecule has 0 N–H and O–H groups in total. The van der Waals surface area contributed by atoms with Crippen molar-refractivity contribution >= 4 is 0 Å². The van der Waals surface area contributed by atoms with E-state index in [9.17, 15) is 0 Å². The van der Waals surface area contributed by atoms with Gasteiger partial charge < -0.3 is 4.84 Å². The van der Waals surface area contributed by atoms with E-state index < -0.39 is 0 Å². The number of benzene rings is 1. The second kappa shape index (κ2) is 4.16. The Kier molecular flexibility index (Phi) is 2.53. The van der Waals surface area contributed by atoms with Crippen LogP contribution in [0.1, 0.15) is 11.1 Å². The first-order chi connectivity index (χ1) is 7.81. The maximum absolute atomic E-state index is 8.76. The lowest BCUT2D eigenvalue weighted by atomic mass is 10.1. The Hall–Kier alpha value is -2.79. The van der Waals surface area contributed by atoms with E-state index in [4.69, 9.17) is 15.4 Å². The first kappa shape index (κ1) is 9.75. The molecule has 0 saturated carbocycles. The second-order valence-corrected chi connectivity index (χ2v) is 2.90. The summed E-state index contributed by atoms with van der Waals surface area (Å²) in [7, 11) is 0. The van der Waals surface area contributed by atoms with Crippen molar-refractivity contribution in [3.63, 3.8) is 0 Å². The molecule has 0 spiro atoms. The fourth-order valence-electron chi connectivity index (χ4n) is 1.16. The van der Waals surface area contributed by atoms with E-state index in [1.54, 1.807) is 0 Å². The molecule has 1 heterocycles. The lowest BCUT2D eigenvalue weighted by molar-refractivity contribution is 0.178. The monoisotopic (exact) mass is 209 g/mol. The third-order valence-electron chi connectivity index (χ3n) is 1.79. The molecule has 0 amide bonds. The minimum atomic E-state index is 0.366. The SMILES string of the molecule is N#Cc1cc(C#N)cc(On2c[c]cn2)c1. The molecule has 2 rings (SSSR count). The summed E-state index contributed by atoms with van der Waals surface area (Å²) in [5, 5.41) is 21.3. The Balaban J connectivity index is 2.35. The minimum absolute atomic E-state index is 0.366. The summed E-state index contributed by atoms with van der Waals surface area (Å²) in [6.07, 6.45) is 2.93. The smallest absolute Gasteiger partial charge is 0.160 e. The van der Waals surface area contributed by atoms with Crippen molar-refractivity contribution in [3.05, 3.63) is 47.8 Å². The van der Waals surface area contributed by atoms with Gasteiger partial charge in [-0.3, -0.25) is 0 Å². The van der Waals surface area contributed by atoms with Crippen LogP contribution in [0.5, 0.6) is 5.75 Å². The quantitative estimate of drug-likeness (QED) is 0.746. The molecule has 75 valence electrons. The summed E-state index contributed by atoms with van der Waals surface area (Å²) >= 11 is 0. The van der Waals surface area contributed by atoms with Crippen LogP contribution >= 0.6 is 0 Å². The van der Waals surface area contributed by atoms with Crippen LogP contribution in [0, 0.1) is 28.7 Å². The van der Waals surface area contributed by atoms with Crippen LogP contribution in [0.15, 0.2) is 30.6 Å². The molecule has 0 bridgehead atoms. The van der Waals surface area contributed by atoms with Crippen LogP contribution in [0.4, 0.5) is 0 Å². The highest BCUT2D eigenvalue weighted by molar-refractivity contribution is 5.45. The van der Waals surface area contributed by atoms with Gasteiger partial charge in [-0.15, -0.1) is 5.10 Å². The first-order valence-corrected chi connectivity index (χ1v) is 4.36. The zero-order valence-corrected chi connectivity index (χ0v) is 8.08. The average molecular weight is 209 g/mol. The number of hydrogen-bond donors (Lipinski definition) is 0. The molecule has 1 radical (unpaired) electrons. The molecular formula is C11H5N4O. The van der Waals surface area contributed by atoms with Crippen LogP contribution in [0.3, 0.4) is 0 Å². The highest BCUT2D eigenvalue weighted by Gasteiger charge is 2.02. The Morgan fingerprint density at radius 2 is 1.88 bits per heavy atom. The van der Waals surface area contributed by atoms with Gasteiger partial charge in [0.1, 0.15) is 0 Å². The van der Waals surface area contributed by atoms with E-state index in [0.717, 1.165) is 0 Å². The first-order valence-electron chi connectivity index (χ1n) is 4.36. The molecule has 0 unspecified atom stereocenters. The van der Waals surface area contributed by atoms with Gasteiger partial charge in [0, 0.05) is 18.2 Å². The van der Waals surface area contributed by atoms with Gasteiger partial charge in [0.2, 0.25) is 0 Å². The lowest BCUT2D eigenvalue weighted by Gasteiger charge is -2.04. The van der Waals surface area contributed by atoms with E-state index in [-0.39, 0.29) is 0 Å². The van der Waals surface area contributed by atoms with Crippen LogP contribution < -0.4 is 4.84 Å².